The van der Waals surface area contributed by atoms with Crippen molar-refractivity contribution < 1.29 is 43.7 Å². The quantitative estimate of drug-likeness (QED) is 0.312. The van der Waals surface area contributed by atoms with Gasteiger partial charge in [0.15, 0.2) is 5.75 Å². The minimum atomic E-state index is -1.26. The van der Waals surface area contributed by atoms with Gasteiger partial charge in [-0.2, -0.15) is 0 Å². The highest BCUT2D eigenvalue weighted by molar-refractivity contribution is 5.89. The number of carboxylic acids is 3. The summed E-state index contributed by atoms with van der Waals surface area (Å²) in [5.74, 6) is -3.65. The lowest BCUT2D eigenvalue weighted by Gasteiger charge is -2.20. The molecular formula is C18H18N2O10. The number of hydrogen-bond acceptors (Lipinski definition) is 8. The zero-order chi connectivity index (χ0) is 22.3. The van der Waals surface area contributed by atoms with Crippen LogP contribution in [0.4, 0.5) is 10.5 Å². The molecule has 30 heavy (non-hydrogen) atoms. The number of fused-ring (bicyclic) bond motifs is 1. The van der Waals surface area contributed by atoms with E-state index in [1.54, 1.807) is 0 Å². The number of anilines is 1. The highest BCUT2D eigenvalue weighted by Gasteiger charge is 2.17. The SMILES string of the molecule is O=C(O)CCCNC(=O)Oc1cc(=O)oc2cc(N(CC(=O)O)CC(=O)O)ccc12. The second kappa shape index (κ2) is 9.91. The normalized spacial score (nSPS) is 10.4. The van der Waals surface area contributed by atoms with E-state index in [2.05, 4.69) is 5.32 Å². The summed E-state index contributed by atoms with van der Waals surface area (Å²) in [4.78, 5) is 57.2. The van der Waals surface area contributed by atoms with Crippen LogP contribution in [-0.2, 0) is 14.4 Å². The zero-order valence-corrected chi connectivity index (χ0v) is 15.5. The molecule has 0 radical (unpaired) electrons. The number of nitrogens with one attached hydrogen (secondary N) is 1. The van der Waals surface area contributed by atoms with E-state index >= 15 is 0 Å². The van der Waals surface area contributed by atoms with Gasteiger partial charge >= 0.3 is 29.6 Å². The first-order chi connectivity index (χ1) is 14.2. The van der Waals surface area contributed by atoms with Gasteiger partial charge in [-0.1, -0.05) is 0 Å². The molecule has 1 heterocycles. The van der Waals surface area contributed by atoms with E-state index in [9.17, 15) is 24.0 Å². The Balaban J connectivity index is 2.25. The average Bonchev–Trinajstić information content (AvgIpc) is 2.63. The van der Waals surface area contributed by atoms with Gasteiger partial charge < -0.3 is 34.7 Å². The second-order valence-electron chi connectivity index (χ2n) is 6.07. The monoisotopic (exact) mass is 422 g/mol. The number of aliphatic carboxylic acids is 3. The molecule has 12 nitrogen and oxygen atoms in total. The fourth-order valence-electron chi connectivity index (χ4n) is 2.53. The number of carboxylic acid groups (broad SMARTS) is 3. The first-order valence-corrected chi connectivity index (χ1v) is 8.59. The summed E-state index contributed by atoms with van der Waals surface area (Å²) in [7, 11) is 0. The van der Waals surface area contributed by atoms with Crippen molar-refractivity contribution in [3.05, 3.63) is 34.7 Å². The Bertz CT molecular complexity index is 1010. The minimum Gasteiger partial charge on any atom is -0.481 e. The van der Waals surface area contributed by atoms with E-state index in [1.165, 1.54) is 18.2 Å². The molecule has 0 saturated carbocycles. The van der Waals surface area contributed by atoms with Crippen molar-refractivity contribution in [2.24, 2.45) is 0 Å². The molecule has 1 aromatic carbocycles. The highest BCUT2D eigenvalue weighted by atomic mass is 16.6. The number of carbonyl (C=O) groups is 4. The van der Waals surface area contributed by atoms with Crippen LogP contribution >= 0.6 is 0 Å². The Morgan fingerprint density at radius 1 is 1.00 bits per heavy atom. The van der Waals surface area contributed by atoms with Gasteiger partial charge in [0, 0.05) is 24.7 Å². The maximum Gasteiger partial charge on any atom is 0.412 e. The summed E-state index contributed by atoms with van der Waals surface area (Å²) in [6.45, 7) is -1.15. The number of rotatable bonds is 10. The third-order valence-corrected chi connectivity index (χ3v) is 3.75. The number of amides is 1. The number of hydrogen-bond donors (Lipinski definition) is 4. The third-order valence-electron chi connectivity index (χ3n) is 3.75. The third kappa shape index (κ3) is 6.51. The molecule has 160 valence electrons. The molecule has 0 unspecified atom stereocenters. The standard InChI is InChI=1S/C18H18N2O10/c21-14(22)2-1-5-19-18(28)30-13-7-17(27)29-12-6-10(3-4-11(12)13)20(8-15(23)24)9-16(25)26/h3-4,6-7H,1-2,5,8-9H2,(H,19,28)(H,21,22)(H,23,24)(H,25,26). The fraction of sp³-hybridized carbons (Fsp3) is 0.278. The number of carbonyl (C=O) groups excluding carboxylic acids is 1. The van der Waals surface area contributed by atoms with E-state index in [-0.39, 0.29) is 41.8 Å². The summed E-state index contributed by atoms with van der Waals surface area (Å²) in [5, 5.41) is 29.1. The van der Waals surface area contributed by atoms with Gasteiger partial charge in [-0.15, -0.1) is 0 Å². The lowest BCUT2D eigenvalue weighted by Crippen LogP contribution is -2.34. The van der Waals surface area contributed by atoms with E-state index in [0.717, 1.165) is 11.0 Å². The van der Waals surface area contributed by atoms with Crippen molar-refractivity contribution in [3.63, 3.8) is 0 Å². The molecule has 2 aromatic rings. The Labute approximate surface area is 168 Å². The van der Waals surface area contributed by atoms with Gasteiger partial charge in [0.2, 0.25) is 0 Å². The molecule has 0 saturated heterocycles. The van der Waals surface area contributed by atoms with E-state index in [1.807, 2.05) is 0 Å². The van der Waals surface area contributed by atoms with E-state index in [4.69, 9.17) is 24.5 Å². The van der Waals surface area contributed by atoms with Crippen LogP contribution in [0.2, 0.25) is 0 Å². The number of ether oxygens (including phenoxy) is 1. The van der Waals surface area contributed by atoms with Gasteiger partial charge in [0.25, 0.3) is 0 Å². The zero-order valence-electron chi connectivity index (χ0n) is 15.5. The summed E-state index contributed by atoms with van der Waals surface area (Å²) in [6, 6.07) is 4.98. The van der Waals surface area contributed by atoms with Crippen LogP contribution in [0.15, 0.2) is 33.5 Å². The van der Waals surface area contributed by atoms with Gasteiger partial charge in [0.1, 0.15) is 18.7 Å². The van der Waals surface area contributed by atoms with Crippen molar-refractivity contribution in [3.8, 4) is 5.75 Å². The highest BCUT2D eigenvalue weighted by Crippen LogP contribution is 2.28. The predicted molar refractivity (Wildman–Crippen MR) is 101 cm³/mol. The molecule has 1 aromatic heterocycles. The summed E-state index contributed by atoms with van der Waals surface area (Å²) in [5.41, 5.74) is -0.725. The van der Waals surface area contributed by atoms with Gasteiger partial charge in [-0.25, -0.2) is 9.59 Å². The maximum absolute atomic E-state index is 11.9. The average molecular weight is 422 g/mol. The Morgan fingerprint density at radius 2 is 1.67 bits per heavy atom. The Kier molecular flexibility index (Phi) is 7.33. The van der Waals surface area contributed by atoms with Crippen LogP contribution in [-0.4, -0.2) is 59.0 Å². The van der Waals surface area contributed by atoms with Crippen molar-refractivity contribution in [1.82, 2.24) is 5.32 Å². The molecule has 0 atom stereocenters. The van der Waals surface area contributed by atoms with Gasteiger partial charge in [0.05, 0.1) is 11.5 Å². The lowest BCUT2D eigenvalue weighted by atomic mass is 10.2. The van der Waals surface area contributed by atoms with Crippen LogP contribution in [0.5, 0.6) is 5.75 Å². The summed E-state index contributed by atoms with van der Waals surface area (Å²) in [6.07, 6.45) is -0.854. The van der Waals surface area contributed by atoms with Crippen LogP contribution < -0.4 is 20.6 Å². The van der Waals surface area contributed by atoms with Gasteiger partial charge in [-0.05, 0) is 18.6 Å². The Morgan fingerprint density at radius 3 is 2.27 bits per heavy atom. The Hall–Kier alpha value is -4.09. The first kappa shape index (κ1) is 22.2. The molecule has 4 N–H and O–H groups in total. The van der Waals surface area contributed by atoms with E-state index in [0.29, 0.717) is 0 Å². The largest absolute Gasteiger partial charge is 0.481 e. The van der Waals surface area contributed by atoms with Crippen molar-refractivity contribution in [2.75, 3.05) is 24.5 Å². The molecule has 1 amide bonds. The topological polar surface area (TPSA) is 184 Å². The molecular weight excluding hydrogens is 404 g/mol. The number of nitrogens with zero attached hydrogens (tertiary/aromatic N) is 1. The minimum absolute atomic E-state index is 0.0468. The van der Waals surface area contributed by atoms with Gasteiger partial charge in [-0.3, -0.25) is 14.4 Å². The molecule has 0 fully saturated rings. The molecule has 12 heteroatoms. The van der Waals surface area contributed by atoms with Crippen LogP contribution in [0, 0.1) is 0 Å². The fourth-order valence-corrected chi connectivity index (χ4v) is 2.53. The van der Waals surface area contributed by atoms with Crippen molar-refractivity contribution in [2.45, 2.75) is 12.8 Å². The van der Waals surface area contributed by atoms with E-state index < -0.39 is 42.7 Å². The molecule has 0 aliphatic carbocycles. The van der Waals surface area contributed by atoms with Crippen LogP contribution in [0.1, 0.15) is 12.8 Å². The number of benzene rings is 1. The first-order valence-electron chi connectivity index (χ1n) is 8.59. The molecule has 0 spiro atoms. The summed E-state index contributed by atoms with van der Waals surface area (Å²) >= 11 is 0. The maximum atomic E-state index is 11.9. The second-order valence-corrected chi connectivity index (χ2v) is 6.07. The molecule has 2 rings (SSSR count). The predicted octanol–water partition coefficient (Wildman–Crippen LogP) is 0.722. The van der Waals surface area contributed by atoms with Crippen molar-refractivity contribution >= 4 is 40.7 Å². The smallest absolute Gasteiger partial charge is 0.412 e. The van der Waals surface area contributed by atoms with Crippen LogP contribution in [0.25, 0.3) is 11.0 Å². The van der Waals surface area contributed by atoms with Crippen molar-refractivity contribution in [1.29, 1.82) is 0 Å². The molecule has 0 bridgehead atoms. The van der Waals surface area contributed by atoms with Crippen LogP contribution in [0.3, 0.4) is 0 Å². The molecule has 0 aliphatic rings. The molecule has 0 aliphatic heterocycles. The lowest BCUT2D eigenvalue weighted by molar-refractivity contribution is -0.138. The summed E-state index contributed by atoms with van der Waals surface area (Å²) < 4.78 is 10.1.